The first-order valence-electron chi connectivity index (χ1n) is 4.95. The van der Waals surface area contributed by atoms with Gasteiger partial charge in [0.1, 0.15) is 0 Å². The van der Waals surface area contributed by atoms with Crippen molar-refractivity contribution in [3.63, 3.8) is 0 Å². The largest absolute Gasteiger partial charge is 0.261 e. The van der Waals surface area contributed by atoms with Gasteiger partial charge >= 0.3 is 0 Å². The van der Waals surface area contributed by atoms with Crippen molar-refractivity contribution in [3.8, 4) is 0 Å². The maximum Gasteiger partial charge on any atom is 0.0401 e. The number of hydrogen-bond donors (Lipinski definition) is 0. The lowest BCUT2D eigenvalue weighted by Gasteiger charge is -2.17. The molecule has 1 aromatic heterocycles. The van der Waals surface area contributed by atoms with Crippen LogP contribution < -0.4 is 0 Å². The lowest BCUT2D eigenvalue weighted by molar-refractivity contribution is 0.410. The van der Waals surface area contributed by atoms with E-state index in [0.29, 0.717) is 5.41 Å². The molecule has 0 aliphatic carbocycles. The Kier molecular flexibility index (Phi) is 3.07. The monoisotopic (exact) mass is 177 g/mol. The summed E-state index contributed by atoms with van der Waals surface area (Å²) >= 11 is 0. The summed E-state index contributed by atoms with van der Waals surface area (Å²) in [6.45, 7) is 8.88. The predicted molar refractivity (Wildman–Crippen MR) is 56.8 cm³/mol. The molecule has 0 aliphatic rings. The van der Waals surface area contributed by atoms with Crippen molar-refractivity contribution in [1.82, 2.24) is 4.98 Å². The van der Waals surface area contributed by atoms with Crippen molar-refractivity contribution in [2.45, 2.75) is 40.5 Å². The second-order valence-electron chi connectivity index (χ2n) is 4.75. The molecule has 0 aliphatic heterocycles. The Balaban J connectivity index is 2.70. The minimum atomic E-state index is 0.357. The number of rotatable bonds is 2. The first-order valence-corrected chi connectivity index (χ1v) is 4.95. The Labute approximate surface area is 81.2 Å². The van der Waals surface area contributed by atoms with Gasteiger partial charge in [-0.1, -0.05) is 33.8 Å². The Morgan fingerprint density at radius 3 is 2.31 bits per heavy atom. The maximum absolute atomic E-state index is 4.38. The molecule has 0 fully saturated rings. The van der Waals surface area contributed by atoms with Crippen LogP contribution in [-0.2, 0) is 12.8 Å². The molecule has 0 aromatic carbocycles. The van der Waals surface area contributed by atoms with Crippen LogP contribution in [0.5, 0.6) is 0 Å². The normalized spacial score (nSPS) is 11.7. The van der Waals surface area contributed by atoms with Gasteiger partial charge in [-0.2, -0.15) is 0 Å². The number of aromatic nitrogens is 1. The van der Waals surface area contributed by atoms with E-state index in [0.717, 1.165) is 12.8 Å². The van der Waals surface area contributed by atoms with Crippen molar-refractivity contribution in [1.29, 1.82) is 0 Å². The third-order valence-corrected chi connectivity index (χ3v) is 1.98. The summed E-state index contributed by atoms with van der Waals surface area (Å²) in [6, 6.07) is 4.32. The minimum absolute atomic E-state index is 0.357. The summed E-state index contributed by atoms with van der Waals surface area (Å²) in [5, 5.41) is 0. The van der Waals surface area contributed by atoms with E-state index in [2.05, 4.69) is 44.8 Å². The van der Waals surface area contributed by atoms with Crippen LogP contribution in [-0.4, -0.2) is 4.98 Å². The molecule has 1 heteroatoms. The van der Waals surface area contributed by atoms with Gasteiger partial charge in [-0.15, -0.1) is 0 Å². The average Bonchev–Trinajstić information content (AvgIpc) is 2.03. The van der Waals surface area contributed by atoms with Gasteiger partial charge in [0.05, 0.1) is 0 Å². The lowest BCUT2D eigenvalue weighted by Crippen LogP contribution is -2.09. The molecule has 0 atom stereocenters. The molecule has 13 heavy (non-hydrogen) atoms. The van der Waals surface area contributed by atoms with Crippen molar-refractivity contribution in [2.75, 3.05) is 0 Å². The van der Waals surface area contributed by atoms with E-state index in [9.17, 15) is 0 Å². The summed E-state index contributed by atoms with van der Waals surface area (Å²) in [5.41, 5.74) is 2.87. The molecule has 1 heterocycles. The Morgan fingerprint density at radius 1 is 1.23 bits per heavy atom. The summed E-state index contributed by atoms with van der Waals surface area (Å²) in [6.07, 6.45) is 4.13. The molecule has 0 saturated carbocycles. The second-order valence-corrected chi connectivity index (χ2v) is 4.75. The summed E-state index contributed by atoms with van der Waals surface area (Å²) in [4.78, 5) is 4.38. The topological polar surface area (TPSA) is 12.9 Å². The van der Waals surface area contributed by atoms with E-state index in [1.807, 2.05) is 6.20 Å². The van der Waals surface area contributed by atoms with Gasteiger partial charge in [0.15, 0.2) is 0 Å². The van der Waals surface area contributed by atoms with Crippen molar-refractivity contribution in [2.24, 2.45) is 5.41 Å². The van der Waals surface area contributed by atoms with Gasteiger partial charge in [-0.3, -0.25) is 4.98 Å². The third kappa shape index (κ3) is 3.58. The minimum Gasteiger partial charge on any atom is -0.261 e. The maximum atomic E-state index is 4.38. The molecule has 1 aromatic rings. The molecular formula is C12H19N. The van der Waals surface area contributed by atoms with Gasteiger partial charge in [0, 0.05) is 11.9 Å². The molecule has 0 unspecified atom stereocenters. The molecular weight excluding hydrogens is 158 g/mol. The van der Waals surface area contributed by atoms with E-state index in [1.165, 1.54) is 11.3 Å². The molecule has 0 spiro atoms. The van der Waals surface area contributed by atoms with E-state index >= 15 is 0 Å². The van der Waals surface area contributed by atoms with Crippen molar-refractivity contribution in [3.05, 3.63) is 29.6 Å². The fraction of sp³-hybridized carbons (Fsp3) is 0.583. The second kappa shape index (κ2) is 3.91. The zero-order valence-corrected chi connectivity index (χ0v) is 9.09. The Morgan fingerprint density at radius 2 is 1.92 bits per heavy atom. The Bertz CT molecular complexity index is 253. The smallest absolute Gasteiger partial charge is 0.0401 e. The van der Waals surface area contributed by atoms with Crippen LogP contribution in [0.4, 0.5) is 0 Å². The van der Waals surface area contributed by atoms with Crippen molar-refractivity contribution < 1.29 is 0 Å². The van der Waals surface area contributed by atoms with Gasteiger partial charge < -0.3 is 0 Å². The first-order chi connectivity index (χ1) is 6.01. The Hall–Kier alpha value is -0.850. The SMILES string of the molecule is CCc1ccc(CC(C)(C)C)cn1. The van der Waals surface area contributed by atoms with E-state index in [4.69, 9.17) is 0 Å². The van der Waals surface area contributed by atoms with Crippen LogP contribution in [0.3, 0.4) is 0 Å². The number of hydrogen-bond acceptors (Lipinski definition) is 1. The molecule has 72 valence electrons. The highest BCUT2D eigenvalue weighted by Gasteiger charge is 2.10. The molecule has 0 bridgehead atoms. The fourth-order valence-electron chi connectivity index (χ4n) is 1.38. The summed E-state index contributed by atoms with van der Waals surface area (Å²) in [5.74, 6) is 0. The van der Waals surface area contributed by atoms with Gasteiger partial charge in [-0.05, 0) is 29.9 Å². The van der Waals surface area contributed by atoms with E-state index in [-0.39, 0.29) is 0 Å². The van der Waals surface area contributed by atoms with Crippen LogP contribution in [0, 0.1) is 5.41 Å². The summed E-state index contributed by atoms with van der Waals surface area (Å²) < 4.78 is 0. The van der Waals surface area contributed by atoms with E-state index in [1.54, 1.807) is 0 Å². The summed E-state index contributed by atoms with van der Waals surface area (Å²) in [7, 11) is 0. The molecule has 0 saturated heterocycles. The number of pyridine rings is 1. The first kappa shape index (κ1) is 10.2. The van der Waals surface area contributed by atoms with Crippen LogP contribution in [0.1, 0.15) is 39.0 Å². The quantitative estimate of drug-likeness (QED) is 0.676. The highest BCUT2D eigenvalue weighted by molar-refractivity contribution is 5.15. The fourth-order valence-corrected chi connectivity index (χ4v) is 1.38. The zero-order chi connectivity index (χ0) is 9.90. The van der Waals surface area contributed by atoms with Gasteiger partial charge in [0.25, 0.3) is 0 Å². The molecule has 0 N–H and O–H groups in total. The molecule has 0 radical (unpaired) electrons. The highest BCUT2D eigenvalue weighted by atomic mass is 14.7. The average molecular weight is 177 g/mol. The van der Waals surface area contributed by atoms with Crippen LogP contribution in [0.15, 0.2) is 18.3 Å². The molecule has 0 amide bonds. The lowest BCUT2D eigenvalue weighted by atomic mass is 9.89. The molecule has 1 rings (SSSR count). The van der Waals surface area contributed by atoms with Gasteiger partial charge in [0.2, 0.25) is 0 Å². The molecule has 1 nitrogen and oxygen atoms in total. The standard InChI is InChI=1S/C12H19N/c1-5-11-7-6-10(9-13-11)8-12(2,3)4/h6-7,9H,5,8H2,1-4H3. The van der Waals surface area contributed by atoms with Crippen LogP contribution >= 0.6 is 0 Å². The van der Waals surface area contributed by atoms with Crippen molar-refractivity contribution >= 4 is 0 Å². The number of nitrogens with zero attached hydrogens (tertiary/aromatic N) is 1. The zero-order valence-electron chi connectivity index (χ0n) is 9.09. The number of aryl methyl sites for hydroxylation is 1. The third-order valence-electron chi connectivity index (χ3n) is 1.98. The van der Waals surface area contributed by atoms with Crippen LogP contribution in [0.2, 0.25) is 0 Å². The predicted octanol–water partition coefficient (Wildman–Crippen LogP) is 3.23. The highest BCUT2D eigenvalue weighted by Crippen LogP contribution is 2.19. The van der Waals surface area contributed by atoms with Crippen LogP contribution in [0.25, 0.3) is 0 Å². The van der Waals surface area contributed by atoms with E-state index < -0.39 is 0 Å². The van der Waals surface area contributed by atoms with Gasteiger partial charge in [-0.25, -0.2) is 0 Å².